The molecule has 0 heterocycles. The van der Waals surface area contributed by atoms with Gasteiger partial charge in [-0.3, -0.25) is 0 Å². The van der Waals surface area contributed by atoms with Gasteiger partial charge in [-0.15, -0.1) is 0 Å². The van der Waals surface area contributed by atoms with Crippen LogP contribution >= 0.6 is 0 Å². The van der Waals surface area contributed by atoms with Gasteiger partial charge in [-0.1, -0.05) is 6.58 Å². The zero-order valence-electron chi connectivity index (χ0n) is 12.0. The van der Waals surface area contributed by atoms with Crippen LogP contribution in [0.25, 0.3) is 0 Å². The Hall–Kier alpha value is -2.30. The van der Waals surface area contributed by atoms with E-state index in [1.807, 2.05) is 13.8 Å². The first-order valence-corrected chi connectivity index (χ1v) is 6.19. The predicted molar refractivity (Wildman–Crippen MR) is 76.4 cm³/mol. The van der Waals surface area contributed by atoms with Crippen molar-refractivity contribution in [1.29, 1.82) is 0 Å². The first kappa shape index (κ1) is 15.8. The van der Waals surface area contributed by atoms with Gasteiger partial charge in [-0.2, -0.15) is 0 Å². The Morgan fingerprint density at radius 1 is 1.15 bits per heavy atom. The number of carbonyl (C=O) groups is 2. The zero-order valence-corrected chi connectivity index (χ0v) is 12.0. The molecule has 5 nitrogen and oxygen atoms in total. The van der Waals surface area contributed by atoms with Crippen molar-refractivity contribution in [2.24, 2.45) is 0 Å². The molecule has 1 aromatic carbocycles. The first-order valence-electron chi connectivity index (χ1n) is 6.19. The van der Waals surface area contributed by atoms with E-state index in [0.29, 0.717) is 16.8 Å². The number of esters is 2. The maximum Gasteiger partial charge on any atom is 0.340 e. The van der Waals surface area contributed by atoms with Crippen LogP contribution in [0.1, 0.15) is 28.4 Å². The minimum atomic E-state index is -0.531. The van der Waals surface area contributed by atoms with E-state index in [2.05, 4.69) is 6.58 Å². The van der Waals surface area contributed by atoms with Crippen LogP contribution in [-0.2, 0) is 14.3 Å². The average molecular weight is 277 g/mol. The average Bonchev–Trinajstić information content (AvgIpc) is 2.38. The van der Waals surface area contributed by atoms with Crippen LogP contribution in [0.2, 0.25) is 0 Å². The lowest BCUT2D eigenvalue weighted by atomic mass is 10.0. The van der Waals surface area contributed by atoms with Crippen LogP contribution in [0.15, 0.2) is 24.3 Å². The molecule has 20 heavy (non-hydrogen) atoms. The van der Waals surface area contributed by atoms with Crippen molar-refractivity contribution in [2.45, 2.75) is 20.8 Å². The fourth-order valence-corrected chi connectivity index (χ4v) is 1.48. The van der Waals surface area contributed by atoms with Gasteiger partial charge in [0, 0.05) is 11.3 Å². The minimum Gasteiger partial charge on any atom is -0.459 e. The van der Waals surface area contributed by atoms with Gasteiger partial charge >= 0.3 is 11.9 Å². The molecule has 0 aliphatic rings. The molecule has 0 unspecified atom stereocenters. The maximum atomic E-state index is 11.8. The number of anilines is 1. The number of ether oxygens (including phenoxy) is 2. The maximum absolute atomic E-state index is 11.8. The monoisotopic (exact) mass is 277 g/mol. The third kappa shape index (κ3) is 4.12. The summed E-state index contributed by atoms with van der Waals surface area (Å²) in [5.74, 6) is -1.04. The summed E-state index contributed by atoms with van der Waals surface area (Å²) in [7, 11) is 0. The van der Waals surface area contributed by atoms with E-state index in [4.69, 9.17) is 15.2 Å². The molecule has 0 radical (unpaired) electrons. The molecule has 2 N–H and O–H groups in total. The topological polar surface area (TPSA) is 78.6 Å². The molecule has 0 bridgehead atoms. The standard InChI is InChI=1S/C15H19NO4/c1-9(2)14(17)19-5-6-20-15(18)12-7-10(3)11(4)8-13(12)16/h7-8H,1,5-6,16H2,2-4H3. The van der Waals surface area contributed by atoms with E-state index in [9.17, 15) is 9.59 Å². The number of rotatable bonds is 5. The van der Waals surface area contributed by atoms with Crippen molar-refractivity contribution in [3.8, 4) is 0 Å². The quantitative estimate of drug-likeness (QED) is 0.386. The molecule has 0 saturated carbocycles. The molecule has 0 spiro atoms. The van der Waals surface area contributed by atoms with Gasteiger partial charge in [0.2, 0.25) is 0 Å². The second-order valence-electron chi connectivity index (χ2n) is 4.58. The third-order valence-corrected chi connectivity index (χ3v) is 2.78. The Morgan fingerprint density at radius 2 is 1.70 bits per heavy atom. The molecule has 0 aromatic heterocycles. The summed E-state index contributed by atoms with van der Waals surface area (Å²) < 4.78 is 9.82. The number of hydrogen-bond donors (Lipinski definition) is 1. The highest BCUT2D eigenvalue weighted by Gasteiger charge is 2.13. The molecular weight excluding hydrogens is 258 g/mol. The smallest absolute Gasteiger partial charge is 0.340 e. The van der Waals surface area contributed by atoms with Crippen LogP contribution in [0.4, 0.5) is 5.69 Å². The van der Waals surface area contributed by atoms with Crippen molar-refractivity contribution >= 4 is 17.6 Å². The van der Waals surface area contributed by atoms with E-state index in [-0.39, 0.29) is 13.2 Å². The zero-order chi connectivity index (χ0) is 15.3. The van der Waals surface area contributed by atoms with E-state index < -0.39 is 11.9 Å². The molecule has 108 valence electrons. The summed E-state index contributed by atoms with van der Waals surface area (Å²) in [6, 6.07) is 3.42. The highest BCUT2D eigenvalue weighted by atomic mass is 16.6. The molecule has 0 amide bonds. The minimum absolute atomic E-state index is 0.0117. The predicted octanol–water partition coefficient (Wildman–Crippen LogP) is 2.16. The molecule has 0 aliphatic carbocycles. The van der Waals surface area contributed by atoms with E-state index in [0.717, 1.165) is 11.1 Å². The second kappa shape index (κ2) is 6.75. The van der Waals surface area contributed by atoms with Crippen LogP contribution in [0.5, 0.6) is 0 Å². The SMILES string of the molecule is C=C(C)C(=O)OCCOC(=O)c1cc(C)c(C)cc1N. The van der Waals surface area contributed by atoms with E-state index in [1.54, 1.807) is 19.1 Å². The Balaban J connectivity index is 2.54. The van der Waals surface area contributed by atoms with Crippen LogP contribution in [0, 0.1) is 13.8 Å². The summed E-state index contributed by atoms with van der Waals surface area (Å²) in [6.45, 7) is 8.76. The number of nitrogen functional groups attached to an aromatic ring is 1. The van der Waals surface area contributed by atoms with Crippen LogP contribution in [-0.4, -0.2) is 25.2 Å². The number of nitrogens with two attached hydrogens (primary N) is 1. The number of hydrogen-bond acceptors (Lipinski definition) is 5. The largest absolute Gasteiger partial charge is 0.459 e. The van der Waals surface area contributed by atoms with Gasteiger partial charge in [0.15, 0.2) is 0 Å². The lowest BCUT2D eigenvalue weighted by molar-refractivity contribution is -0.140. The van der Waals surface area contributed by atoms with Gasteiger partial charge in [-0.05, 0) is 44.0 Å². The Morgan fingerprint density at radius 3 is 2.30 bits per heavy atom. The molecule has 0 saturated heterocycles. The molecule has 1 rings (SSSR count). The summed E-state index contributed by atoms with van der Waals surface area (Å²) in [4.78, 5) is 23.0. The Bertz CT molecular complexity index is 549. The molecule has 0 fully saturated rings. The van der Waals surface area contributed by atoms with Gasteiger partial charge in [0.25, 0.3) is 0 Å². The van der Waals surface area contributed by atoms with Gasteiger partial charge in [0.05, 0.1) is 5.56 Å². The summed E-state index contributed by atoms with van der Waals surface area (Å²) >= 11 is 0. The molecule has 0 aliphatic heterocycles. The van der Waals surface area contributed by atoms with Crippen LogP contribution < -0.4 is 5.73 Å². The second-order valence-corrected chi connectivity index (χ2v) is 4.58. The fraction of sp³-hybridized carbons (Fsp3) is 0.333. The van der Waals surface area contributed by atoms with Crippen molar-refractivity contribution in [3.05, 3.63) is 41.0 Å². The van der Waals surface area contributed by atoms with E-state index >= 15 is 0 Å². The highest BCUT2D eigenvalue weighted by molar-refractivity contribution is 5.95. The summed E-state index contributed by atoms with van der Waals surface area (Å²) in [6.07, 6.45) is 0. The number of aryl methyl sites for hydroxylation is 2. The molecular formula is C15H19NO4. The van der Waals surface area contributed by atoms with Crippen molar-refractivity contribution in [2.75, 3.05) is 18.9 Å². The van der Waals surface area contributed by atoms with Crippen molar-refractivity contribution in [1.82, 2.24) is 0 Å². The van der Waals surface area contributed by atoms with Crippen LogP contribution in [0.3, 0.4) is 0 Å². The van der Waals surface area contributed by atoms with Gasteiger partial charge in [0.1, 0.15) is 13.2 Å². The van der Waals surface area contributed by atoms with E-state index in [1.165, 1.54) is 0 Å². The Labute approximate surface area is 118 Å². The number of benzene rings is 1. The third-order valence-electron chi connectivity index (χ3n) is 2.78. The lowest BCUT2D eigenvalue weighted by Gasteiger charge is -2.10. The normalized spacial score (nSPS) is 9.95. The molecule has 5 heteroatoms. The summed E-state index contributed by atoms with van der Waals surface area (Å²) in [5.41, 5.74) is 8.74. The molecule has 0 atom stereocenters. The number of carbonyl (C=O) groups excluding carboxylic acids is 2. The fourth-order valence-electron chi connectivity index (χ4n) is 1.48. The van der Waals surface area contributed by atoms with Crippen molar-refractivity contribution < 1.29 is 19.1 Å². The highest BCUT2D eigenvalue weighted by Crippen LogP contribution is 2.18. The lowest BCUT2D eigenvalue weighted by Crippen LogP contribution is -2.15. The van der Waals surface area contributed by atoms with Crippen molar-refractivity contribution in [3.63, 3.8) is 0 Å². The van der Waals surface area contributed by atoms with Gasteiger partial charge < -0.3 is 15.2 Å². The summed E-state index contributed by atoms with van der Waals surface area (Å²) in [5, 5.41) is 0. The Kier molecular flexibility index (Phi) is 5.32. The van der Waals surface area contributed by atoms with Gasteiger partial charge in [-0.25, -0.2) is 9.59 Å². The first-order chi connectivity index (χ1) is 9.32. The molecule has 1 aromatic rings.